The Morgan fingerprint density at radius 3 is 2.66 bits per heavy atom. The smallest absolute Gasteiger partial charge is 0.263 e. The number of nitrogens with one attached hydrogen (secondary N) is 1. The van der Waals surface area contributed by atoms with Gasteiger partial charge in [0.05, 0.1) is 10.5 Å². The van der Waals surface area contributed by atoms with Gasteiger partial charge in [-0.25, -0.2) is 13.4 Å². The number of anilines is 2. The highest BCUT2D eigenvalue weighted by molar-refractivity contribution is 7.92. The van der Waals surface area contributed by atoms with Crippen LogP contribution in [0.5, 0.6) is 11.5 Å². The lowest BCUT2D eigenvalue weighted by molar-refractivity contribution is 0.0987. The van der Waals surface area contributed by atoms with Gasteiger partial charge in [-0.3, -0.25) is 14.4 Å². The van der Waals surface area contributed by atoms with Gasteiger partial charge in [0, 0.05) is 18.4 Å². The van der Waals surface area contributed by atoms with E-state index < -0.39 is 10.0 Å². The quantitative estimate of drug-likeness (QED) is 0.705. The molecule has 0 spiro atoms. The van der Waals surface area contributed by atoms with Crippen LogP contribution in [0.2, 0.25) is 0 Å². The van der Waals surface area contributed by atoms with Crippen molar-refractivity contribution in [3.8, 4) is 11.5 Å². The monoisotopic (exact) mass is 409 g/mol. The number of rotatable bonds is 4. The van der Waals surface area contributed by atoms with Gasteiger partial charge in [0.25, 0.3) is 15.9 Å². The molecule has 148 valence electrons. The summed E-state index contributed by atoms with van der Waals surface area (Å²) in [5, 5.41) is 0. The van der Waals surface area contributed by atoms with Crippen LogP contribution in [0.1, 0.15) is 22.8 Å². The summed E-state index contributed by atoms with van der Waals surface area (Å²) in [6.45, 7) is 4.06. The molecular formula is C21H19N3O4S. The highest BCUT2D eigenvalue weighted by Gasteiger charge is 2.29. The first-order valence-corrected chi connectivity index (χ1v) is 10.6. The van der Waals surface area contributed by atoms with E-state index in [0.717, 1.165) is 5.56 Å². The molecule has 29 heavy (non-hydrogen) atoms. The molecular weight excluding hydrogens is 390 g/mol. The first-order chi connectivity index (χ1) is 13.9. The Balaban J connectivity index is 1.75. The molecule has 0 saturated heterocycles. The van der Waals surface area contributed by atoms with Gasteiger partial charge >= 0.3 is 0 Å². The number of carbonyl (C=O) groups excluding carboxylic acids is 1. The molecule has 0 saturated carbocycles. The van der Waals surface area contributed by atoms with Crippen molar-refractivity contribution in [2.75, 3.05) is 16.2 Å². The first kappa shape index (κ1) is 18.9. The topological polar surface area (TPSA) is 88.6 Å². The van der Waals surface area contributed by atoms with Crippen LogP contribution < -0.4 is 14.4 Å². The lowest BCUT2D eigenvalue weighted by Gasteiger charge is -2.18. The molecule has 1 aromatic heterocycles. The van der Waals surface area contributed by atoms with Crippen LogP contribution in [-0.4, -0.2) is 25.9 Å². The number of amides is 1. The second kappa shape index (κ2) is 7.21. The van der Waals surface area contributed by atoms with Crippen molar-refractivity contribution in [2.24, 2.45) is 0 Å². The molecule has 4 rings (SSSR count). The molecule has 2 aromatic carbocycles. The van der Waals surface area contributed by atoms with Crippen LogP contribution >= 0.6 is 0 Å². The van der Waals surface area contributed by atoms with Gasteiger partial charge in [-0.05, 0) is 61.9 Å². The van der Waals surface area contributed by atoms with Crippen LogP contribution in [0.3, 0.4) is 0 Å². The Kier molecular flexibility index (Phi) is 4.71. The van der Waals surface area contributed by atoms with Crippen LogP contribution in [0.4, 0.5) is 11.5 Å². The van der Waals surface area contributed by atoms with Gasteiger partial charge in [-0.15, -0.1) is 0 Å². The fourth-order valence-corrected chi connectivity index (χ4v) is 4.25. The Bertz CT molecular complexity index is 1210. The van der Waals surface area contributed by atoms with Crippen LogP contribution in [-0.2, 0) is 10.0 Å². The summed E-state index contributed by atoms with van der Waals surface area (Å²) in [4.78, 5) is 18.8. The summed E-state index contributed by atoms with van der Waals surface area (Å²) < 4.78 is 34.2. The number of hydrogen-bond acceptors (Lipinski definition) is 5. The first-order valence-electron chi connectivity index (χ1n) is 9.07. The minimum Gasteiger partial charge on any atom is -0.453 e. The minimum atomic E-state index is -3.88. The minimum absolute atomic E-state index is 0.0234. The zero-order chi connectivity index (χ0) is 20.6. The van der Waals surface area contributed by atoms with E-state index in [2.05, 4.69) is 9.71 Å². The fraction of sp³-hybridized carbons (Fsp3) is 0.143. The maximum atomic E-state index is 13.1. The van der Waals surface area contributed by atoms with Crippen molar-refractivity contribution in [2.45, 2.75) is 18.7 Å². The molecule has 0 aliphatic carbocycles. The highest BCUT2D eigenvalue weighted by Crippen LogP contribution is 2.38. The Morgan fingerprint density at radius 1 is 1.07 bits per heavy atom. The predicted octanol–water partition coefficient (Wildman–Crippen LogP) is 3.96. The van der Waals surface area contributed by atoms with E-state index in [1.165, 1.54) is 23.1 Å². The molecule has 0 radical (unpaired) electrons. The molecule has 1 N–H and O–H groups in total. The third-order valence-electron chi connectivity index (χ3n) is 4.55. The third-order valence-corrected chi connectivity index (χ3v) is 5.93. The molecule has 0 bridgehead atoms. The van der Waals surface area contributed by atoms with Crippen molar-refractivity contribution in [1.29, 1.82) is 0 Å². The van der Waals surface area contributed by atoms with Crippen LogP contribution in [0, 0.1) is 6.92 Å². The molecule has 1 aliphatic heterocycles. The summed E-state index contributed by atoms with van der Waals surface area (Å²) in [5.74, 6) is 0.760. The van der Waals surface area contributed by atoms with E-state index in [0.29, 0.717) is 23.8 Å². The normalized spacial score (nSPS) is 13.2. The average molecular weight is 409 g/mol. The number of sulfonamides is 1. The lowest BCUT2D eigenvalue weighted by atomic mass is 10.2. The molecule has 1 aliphatic rings. The predicted molar refractivity (Wildman–Crippen MR) is 110 cm³/mol. The molecule has 3 aromatic rings. The zero-order valence-electron chi connectivity index (χ0n) is 15.9. The van der Waals surface area contributed by atoms with Gasteiger partial charge in [0.2, 0.25) is 0 Å². The van der Waals surface area contributed by atoms with Crippen molar-refractivity contribution in [1.82, 2.24) is 4.98 Å². The summed E-state index contributed by atoms with van der Waals surface area (Å²) >= 11 is 0. The van der Waals surface area contributed by atoms with Crippen molar-refractivity contribution < 1.29 is 17.9 Å². The molecule has 7 nitrogen and oxygen atoms in total. The molecule has 0 atom stereocenters. The van der Waals surface area contributed by atoms with Crippen molar-refractivity contribution in [3.63, 3.8) is 0 Å². The molecule has 0 fully saturated rings. The largest absolute Gasteiger partial charge is 0.453 e. The standard InChI is InChI=1S/C21H19N3O4S/c1-3-24-20-19(8-5-11-22-20)28-18-10-9-16(13-17(18)21(24)25)29(26,27)23-15-7-4-6-14(2)12-15/h4-13,23H,3H2,1-2H3. The molecule has 8 heteroatoms. The highest BCUT2D eigenvalue weighted by atomic mass is 32.2. The van der Waals surface area contributed by atoms with Crippen molar-refractivity contribution >= 4 is 27.4 Å². The second-order valence-corrected chi connectivity index (χ2v) is 8.29. The SMILES string of the molecule is CCN1C(=O)c2cc(S(=O)(=O)Nc3cccc(C)c3)ccc2Oc2cccnc21. The maximum Gasteiger partial charge on any atom is 0.263 e. The van der Waals surface area contributed by atoms with Gasteiger partial charge in [-0.2, -0.15) is 0 Å². The third kappa shape index (κ3) is 3.54. The van der Waals surface area contributed by atoms with Gasteiger partial charge in [-0.1, -0.05) is 12.1 Å². The number of pyridine rings is 1. The number of fused-ring (bicyclic) bond motifs is 2. The van der Waals surface area contributed by atoms with Crippen LogP contribution in [0.25, 0.3) is 0 Å². The van der Waals surface area contributed by atoms with Crippen molar-refractivity contribution in [3.05, 3.63) is 71.9 Å². The number of hydrogen-bond donors (Lipinski definition) is 1. The summed E-state index contributed by atoms with van der Waals surface area (Å²) in [5.41, 5.74) is 1.55. The van der Waals surface area contributed by atoms with Gasteiger partial charge in [0.1, 0.15) is 5.75 Å². The summed E-state index contributed by atoms with van der Waals surface area (Å²) in [6, 6.07) is 14.7. The van der Waals surface area contributed by atoms with Crippen LogP contribution in [0.15, 0.2) is 65.7 Å². The number of ether oxygens (including phenoxy) is 1. The molecule has 0 unspecified atom stereocenters. The van der Waals surface area contributed by atoms with E-state index in [1.54, 1.807) is 36.5 Å². The number of aryl methyl sites for hydroxylation is 1. The van der Waals surface area contributed by atoms with E-state index in [-0.39, 0.29) is 22.1 Å². The lowest BCUT2D eigenvalue weighted by Crippen LogP contribution is -2.30. The number of nitrogens with zero attached hydrogens (tertiary/aromatic N) is 2. The maximum absolute atomic E-state index is 13.1. The van der Waals surface area contributed by atoms with E-state index >= 15 is 0 Å². The second-order valence-electron chi connectivity index (χ2n) is 6.61. The Hall–Kier alpha value is -3.39. The average Bonchev–Trinajstić information content (AvgIpc) is 2.81. The van der Waals surface area contributed by atoms with Gasteiger partial charge < -0.3 is 4.74 Å². The van der Waals surface area contributed by atoms with E-state index in [4.69, 9.17) is 4.74 Å². The Labute approximate surface area is 169 Å². The Morgan fingerprint density at radius 2 is 1.90 bits per heavy atom. The number of aromatic nitrogens is 1. The number of benzene rings is 2. The number of carbonyl (C=O) groups is 1. The molecule has 2 heterocycles. The van der Waals surface area contributed by atoms with Gasteiger partial charge in [0.15, 0.2) is 11.6 Å². The summed E-state index contributed by atoms with van der Waals surface area (Å²) in [7, 11) is -3.88. The van der Waals surface area contributed by atoms with E-state index in [1.807, 2.05) is 19.9 Å². The molecule has 1 amide bonds. The van der Waals surface area contributed by atoms with E-state index in [9.17, 15) is 13.2 Å². The zero-order valence-corrected chi connectivity index (χ0v) is 16.7. The fourth-order valence-electron chi connectivity index (χ4n) is 3.17. The summed E-state index contributed by atoms with van der Waals surface area (Å²) in [6.07, 6.45) is 1.58.